The van der Waals surface area contributed by atoms with Crippen molar-refractivity contribution in [2.75, 3.05) is 4.72 Å². The third kappa shape index (κ3) is 2.72. The monoisotopic (exact) mass is 295 g/mol. The van der Waals surface area contributed by atoms with Gasteiger partial charge in [-0.1, -0.05) is 5.16 Å². The second-order valence-electron chi connectivity index (χ2n) is 3.96. The van der Waals surface area contributed by atoms with Crippen LogP contribution in [0.25, 0.3) is 0 Å². The molecule has 0 radical (unpaired) electrons. The van der Waals surface area contributed by atoms with Gasteiger partial charge in [0.15, 0.2) is 10.9 Å². The van der Waals surface area contributed by atoms with Crippen LogP contribution < -0.4 is 10.5 Å². The predicted molar refractivity (Wildman–Crippen MR) is 73.0 cm³/mol. The number of aryl methyl sites for hydroxylation is 1. The molecular formula is C11H13N5O3S. The van der Waals surface area contributed by atoms with Crippen molar-refractivity contribution in [3.05, 3.63) is 42.1 Å². The van der Waals surface area contributed by atoms with E-state index in [4.69, 9.17) is 10.9 Å². The molecule has 106 valence electrons. The third-order valence-corrected chi connectivity index (χ3v) is 4.05. The Morgan fingerprint density at radius 1 is 1.35 bits per heavy atom. The maximum Gasteiger partial charge on any atom is 0.279 e. The van der Waals surface area contributed by atoms with E-state index in [9.17, 15) is 8.42 Å². The smallest absolute Gasteiger partial charge is 0.279 e. The van der Waals surface area contributed by atoms with Crippen LogP contribution in [0.15, 0.2) is 46.7 Å². The molecule has 2 rings (SSSR count). The first-order chi connectivity index (χ1) is 9.44. The quantitative estimate of drug-likeness (QED) is 0.324. The van der Waals surface area contributed by atoms with E-state index in [-0.39, 0.29) is 10.9 Å². The number of aromatic nitrogens is 2. The molecule has 0 atom stereocenters. The minimum atomic E-state index is -3.70. The second-order valence-corrected chi connectivity index (χ2v) is 5.59. The summed E-state index contributed by atoms with van der Waals surface area (Å²) in [5.41, 5.74) is 6.26. The highest BCUT2D eigenvalue weighted by Crippen LogP contribution is 2.15. The second kappa shape index (κ2) is 5.21. The first kappa shape index (κ1) is 13.9. The Bertz CT molecular complexity index is 734. The van der Waals surface area contributed by atoms with Crippen LogP contribution in [0, 0.1) is 0 Å². The van der Waals surface area contributed by atoms with Crippen LogP contribution >= 0.6 is 0 Å². The Labute approximate surface area is 115 Å². The van der Waals surface area contributed by atoms with E-state index in [0.29, 0.717) is 11.3 Å². The molecule has 0 saturated carbocycles. The molecule has 0 fully saturated rings. The average molecular weight is 295 g/mol. The first-order valence-electron chi connectivity index (χ1n) is 5.53. The number of oxime groups is 1. The molecule has 0 spiro atoms. The van der Waals surface area contributed by atoms with Gasteiger partial charge in [0.2, 0.25) is 0 Å². The summed E-state index contributed by atoms with van der Waals surface area (Å²) in [6.45, 7) is 0. The maximum atomic E-state index is 12.1. The highest BCUT2D eigenvalue weighted by atomic mass is 32.2. The number of rotatable bonds is 4. The lowest BCUT2D eigenvalue weighted by atomic mass is 10.2. The minimum Gasteiger partial charge on any atom is -0.409 e. The zero-order chi connectivity index (χ0) is 14.8. The molecule has 8 nitrogen and oxygen atoms in total. The fraction of sp³-hybridized carbons (Fsp3) is 0.0909. The van der Waals surface area contributed by atoms with E-state index in [1.807, 2.05) is 0 Å². The van der Waals surface area contributed by atoms with Crippen molar-refractivity contribution in [1.82, 2.24) is 9.78 Å². The van der Waals surface area contributed by atoms with Gasteiger partial charge in [0, 0.05) is 18.3 Å². The molecule has 0 unspecified atom stereocenters. The molecule has 0 aliphatic heterocycles. The lowest BCUT2D eigenvalue weighted by Gasteiger charge is -2.08. The van der Waals surface area contributed by atoms with Gasteiger partial charge in [-0.25, -0.2) is 0 Å². The van der Waals surface area contributed by atoms with Gasteiger partial charge in [-0.2, -0.15) is 13.5 Å². The van der Waals surface area contributed by atoms with Crippen molar-refractivity contribution >= 4 is 21.5 Å². The summed E-state index contributed by atoms with van der Waals surface area (Å²) in [5.74, 6) is -0.0500. The number of benzene rings is 1. The number of anilines is 1. The summed E-state index contributed by atoms with van der Waals surface area (Å²) in [4.78, 5) is 0. The number of nitrogens with zero attached hydrogens (tertiary/aromatic N) is 3. The molecule has 2 aromatic rings. The maximum absolute atomic E-state index is 12.1. The van der Waals surface area contributed by atoms with Crippen LogP contribution in [0.5, 0.6) is 0 Å². The van der Waals surface area contributed by atoms with E-state index in [1.165, 1.54) is 48.3 Å². The fourth-order valence-electron chi connectivity index (χ4n) is 1.60. The van der Waals surface area contributed by atoms with Gasteiger partial charge in [-0.15, -0.1) is 0 Å². The van der Waals surface area contributed by atoms with E-state index in [2.05, 4.69) is 15.0 Å². The minimum absolute atomic E-state index is 0.0500. The number of amidine groups is 1. The molecule has 0 bridgehead atoms. The topological polar surface area (TPSA) is 123 Å². The van der Waals surface area contributed by atoms with Gasteiger partial charge in [-0.3, -0.25) is 9.40 Å². The molecule has 0 aliphatic carbocycles. The summed E-state index contributed by atoms with van der Waals surface area (Å²) in [5, 5.41) is 15.3. The predicted octanol–water partition coefficient (Wildman–Crippen LogP) is 0.315. The summed E-state index contributed by atoms with van der Waals surface area (Å²) < 4.78 is 27.9. The Hall–Kier alpha value is -2.55. The van der Waals surface area contributed by atoms with Gasteiger partial charge >= 0.3 is 0 Å². The van der Waals surface area contributed by atoms with E-state index >= 15 is 0 Å². The SMILES string of the molecule is Cn1nccc1S(=O)(=O)Nc1ccc(/C(N)=N/O)cc1. The van der Waals surface area contributed by atoms with E-state index < -0.39 is 10.0 Å². The summed E-state index contributed by atoms with van der Waals surface area (Å²) in [6.07, 6.45) is 1.40. The van der Waals surface area contributed by atoms with Gasteiger partial charge in [0.25, 0.3) is 10.0 Å². The van der Waals surface area contributed by atoms with Crippen molar-refractivity contribution < 1.29 is 13.6 Å². The third-order valence-electron chi connectivity index (χ3n) is 2.59. The Balaban J connectivity index is 2.25. The van der Waals surface area contributed by atoms with Crippen molar-refractivity contribution in [1.29, 1.82) is 0 Å². The largest absolute Gasteiger partial charge is 0.409 e. The van der Waals surface area contributed by atoms with Crippen LogP contribution in [0.3, 0.4) is 0 Å². The molecule has 0 saturated heterocycles. The van der Waals surface area contributed by atoms with Crippen LogP contribution in [0.2, 0.25) is 0 Å². The molecular weight excluding hydrogens is 282 g/mol. The Morgan fingerprint density at radius 2 is 2.00 bits per heavy atom. The molecule has 0 aliphatic rings. The highest BCUT2D eigenvalue weighted by Gasteiger charge is 2.17. The van der Waals surface area contributed by atoms with Gasteiger partial charge in [-0.05, 0) is 30.3 Å². The summed E-state index contributed by atoms with van der Waals surface area (Å²) in [7, 11) is -2.16. The number of hydrogen-bond donors (Lipinski definition) is 3. The molecule has 4 N–H and O–H groups in total. The normalized spacial score (nSPS) is 12.3. The zero-order valence-corrected chi connectivity index (χ0v) is 11.4. The standard InChI is InChI=1S/C11H13N5O3S/c1-16-10(6-7-13-16)20(18,19)15-9-4-2-8(3-5-9)11(12)14-17/h2-7,15,17H,1H3,(H2,12,14). The van der Waals surface area contributed by atoms with Crippen LogP contribution in [-0.2, 0) is 17.1 Å². The Kier molecular flexibility index (Phi) is 3.61. The lowest BCUT2D eigenvalue weighted by Crippen LogP contribution is -2.17. The lowest BCUT2D eigenvalue weighted by molar-refractivity contribution is 0.318. The molecule has 0 amide bonds. The number of nitrogens with one attached hydrogen (secondary N) is 1. The number of nitrogens with two attached hydrogens (primary N) is 1. The van der Waals surface area contributed by atoms with Crippen LogP contribution in [0.1, 0.15) is 5.56 Å². The molecule has 9 heteroatoms. The van der Waals surface area contributed by atoms with E-state index in [1.54, 1.807) is 0 Å². The van der Waals surface area contributed by atoms with Crippen LogP contribution in [-0.4, -0.2) is 29.2 Å². The van der Waals surface area contributed by atoms with Gasteiger partial charge < -0.3 is 10.9 Å². The summed E-state index contributed by atoms with van der Waals surface area (Å²) >= 11 is 0. The zero-order valence-electron chi connectivity index (χ0n) is 10.6. The molecule has 1 aromatic heterocycles. The summed E-state index contributed by atoms with van der Waals surface area (Å²) in [6, 6.07) is 7.50. The molecule has 1 heterocycles. The fourth-order valence-corrected chi connectivity index (χ4v) is 2.79. The number of sulfonamides is 1. The van der Waals surface area contributed by atoms with Crippen LogP contribution in [0.4, 0.5) is 5.69 Å². The molecule has 20 heavy (non-hydrogen) atoms. The van der Waals surface area contributed by atoms with Crippen molar-refractivity contribution in [3.63, 3.8) is 0 Å². The van der Waals surface area contributed by atoms with Gasteiger partial charge in [0.05, 0.1) is 6.20 Å². The van der Waals surface area contributed by atoms with Crippen molar-refractivity contribution in [2.45, 2.75) is 5.03 Å². The van der Waals surface area contributed by atoms with E-state index in [0.717, 1.165) is 0 Å². The van der Waals surface area contributed by atoms with Gasteiger partial charge in [0.1, 0.15) is 0 Å². The first-order valence-corrected chi connectivity index (χ1v) is 7.01. The van der Waals surface area contributed by atoms with Crippen molar-refractivity contribution in [3.8, 4) is 0 Å². The Morgan fingerprint density at radius 3 is 2.50 bits per heavy atom. The average Bonchev–Trinajstić information content (AvgIpc) is 2.85. The number of hydrogen-bond acceptors (Lipinski definition) is 5. The molecule has 1 aromatic carbocycles. The van der Waals surface area contributed by atoms with Crippen molar-refractivity contribution in [2.24, 2.45) is 17.9 Å². The highest BCUT2D eigenvalue weighted by molar-refractivity contribution is 7.92.